The number of piperazine rings is 1. The summed E-state index contributed by atoms with van der Waals surface area (Å²) in [4.78, 5) is 13.9. The lowest BCUT2D eigenvalue weighted by molar-refractivity contribution is 0.0375. The molecule has 2 bridgehead atoms. The summed E-state index contributed by atoms with van der Waals surface area (Å²) in [5.74, 6) is 1.49. The number of fused-ring (bicyclic) bond motifs is 2. The van der Waals surface area contributed by atoms with Crippen LogP contribution in [0.5, 0.6) is 0 Å². The Hall–Kier alpha value is -2.24. The summed E-state index contributed by atoms with van der Waals surface area (Å²) in [7, 11) is -1.20. The molecule has 0 amide bonds. The van der Waals surface area contributed by atoms with E-state index in [1.165, 1.54) is 6.26 Å². The van der Waals surface area contributed by atoms with Crippen molar-refractivity contribution in [3.05, 3.63) is 24.7 Å². The molecule has 0 spiro atoms. The molecule has 3 saturated heterocycles. The first kappa shape index (κ1) is 18.8. The highest BCUT2D eigenvalue weighted by molar-refractivity contribution is 7.88. The number of anilines is 3. The first-order valence-electron chi connectivity index (χ1n) is 9.93. The molecule has 2 atom stereocenters. The van der Waals surface area contributed by atoms with Crippen LogP contribution in [0, 0.1) is 0 Å². The molecule has 3 fully saturated rings. The first-order valence-corrected chi connectivity index (χ1v) is 11.8. The molecule has 11 heteroatoms. The van der Waals surface area contributed by atoms with Gasteiger partial charge >= 0.3 is 0 Å². The molecule has 0 aliphatic carbocycles. The van der Waals surface area contributed by atoms with Crippen molar-refractivity contribution in [3.8, 4) is 0 Å². The van der Waals surface area contributed by atoms with Gasteiger partial charge in [-0.3, -0.25) is 9.58 Å². The number of rotatable bonds is 5. The molecule has 5 heterocycles. The van der Waals surface area contributed by atoms with Crippen molar-refractivity contribution >= 4 is 27.5 Å². The van der Waals surface area contributed by atoms with Crippen LogP contribution in [-0.4, -0.2) is 87.9 Å². The fourth-order valence-corrected chi connectivity index (χ4v) is 5.68. The summed E-state index contributed by atoms with van der Waals surface area (Å²) in [5.41, 5.74) is 0.856. The van der Waals surface area contributed by atoms with Crippen LogP contribution in [0.1, 0.15) is 12.8 Å². The topological polar surface area (TPSA) is 99.5 Å². The van der Waals surface area contributed by atoms with Crippen molar-refractivity contribution in [3.63, 3.8) is 0 Å². The molecule has 3 aliphatic heterocycles. The molecule has 156 valence electrons. The summed E-state index contributed by atoms with van der Waals surface area (Å²) in [6, 6.07) is 3.20. The van der Waals surface area contributed by atoms with Gasteiger partial charge in [0.1, 0.15) is 5.82 Å². The fourth-order valence-electron chi connectivity index (χ4n) is 4.80. The molecular weight excluding hydrogens is 392 g/mol. The molecule has 0 radical (unpaired) electrons. The number of nitrogens with zero attached hydrogens (tertiary/aromatic N) is 7. The zero-order valence-electron chi connectivity index (χ0n) is 16.6. The van der Waals surface area contributed by atoms with Crippen LogP contribution in [0.15, 0.2) is 24.7 Å². The highest BCUT2D eigenvalue weighted by atomic mass is 32.2. The van der Waals surface area contributed by atoms with E-state index >= 15 is 0 Å². The Morgan fingerprint density at radius 3 is 2.45 bits per heavy atom. The predicted molar refractivity (Wildman–Crippen MR) is 110 cm³/mol. The average Bonchev–Trinajstić information content (AvgIpc) is 3.12. The van der Waals surface area contributed by atoms with Crippen LogP contribution in [0.2, 0.25) is 0 Å². The minimum absolute atomic E-state index is 0.345. The Morgan fingerprint density at radius 2 is 1.83 bits per heavy atom. The maximum Gasteiger partial charge on any atom is 0.229 e. The molecule has 10 nitrogen and oxygen atoms in total. The largest absolute Gasteiger partial charge is 0.353 e. The van der Waals surface area contributed by atoms with E-state index in [1.807, 2.05) is 19.3 Å². The SMILES string of the molecule is Cn1cc(Nc2nccc(N3CC4CC[C@@H](C3)N4C3CN(S(C)(=O)=O)C3)n2)cn1. The predicted octanol–water partition coefficient (Wildman–Crippen LogP) is 0.251. The van der Waals surface area contributed by atoms with Crippen molar-refractivity contribution < 1.29 is 8.42 Å². The number of aryl methyl sites for hydroxylation is 1. The zero-order chi connectivity index (χ0) is 20.2. The lowest BCUT2D eigenvalue weighted by atomic mass is 10.0. The minimum Gasteiger partial charge on any atom is -0.353 e. The minimum atomic E-state index is -3.07. The van der Waals surface area contributed by atoms with E-state index < -0.39 is 10.0 Å². The van der Waals surface area contributed by atoms with Crippen LogP contribution in [0.25, 0.3) is 0 Å². The molecule has 2 aromatic heterocycles. The first-order chi connectivity index (χ1) is 13.9. The summed E-state index contributed by atoms with van der Waals surface area (Å²) >= 11 is 0. The summed E-state index contributed by atoms with van der Waals surface area (Å²) in [5, 5.41) is 7.36. The van der Waals surface area contributed by atoms with E-state index in [2.05, 4.69) is 25.2 Å². The third kappa shape index (κ3) is 3.58. The highest BCUT2D eigenvalue weighted by Crippen LogP contribution is 2.36. The smallest absolute Gasteiger partial charge is 0.229 e. The summed E-state index contributed by atoms with van der Waals surface area (Å²) < 4.78 is 26.7. The molecular formula is C18H26N8O2S. The molecule has 2 aromatic rings. The Kier molecular flexibility index (Phi) is 4.48. The van der Waals surface area contributed by atoms with Gasteiger partial charge in [-0.15, -0.1) is 0 Å². The Balaban J connectivity index is 1.26. The normalized spacial score (nSPS) is 25.9. The number of aromatic nitrogens is 4. The van der Waals surface area contributed by atoms with Crippen LogP contribution >= 0.6 is 0 Å². The van der Waals surface area contributed by atoms with Gasteiger partial charge < -0.3 is 10.2 Å². The van der Waals surface area contributed by atoms with Crippen molar-refractivity contribution in [1.82, 2.24) is 29.0 Å². The van der Waals surface area contributed by atoms with Crippen molar-refractivity contribution in [2.75, 3.05) is 42.7 Å². The third-order valence-corrected chi connectivity index (χ3v) is 7.42. The lowest BCUT2D eigenvalue weighted by Crippen LogP contribution is -2.67. The Bertz CT molecular complexity index is 989. The molecule has 5 rings (SSSR count). The van der Waals surface area contributed by atoms with Gasteiger partial charge in [0, 0.05) is 63.7 Å². The van der Waals surface area contributed by atoms with E-state index in [0.717, 1.165) is 37.4 Å². The number of hydrogen-bond acceptors (Lipinski definition) is 8. The van der Waals surface area contributed by atoms with Crippen LogP contribution in [-0.2, 0) is 17.1 Å². The van der Waals surface area contributed by atoms with E-state index in [0.29, 0.717) is 37.2 Å². The van der Waals surface area contributed by atoms with Crippen molar-refractivity contribution in [2.24, 2.45) is 7.05 Å². The second-order valence-electron chi connectivity index (χ2n) is 8.24. The number of sulfonamides is 1. The Labute approximate surface area is 170 Å². The number of nitrogens with one attached hydrogen (secondary N) is 1. The molecule has 3 aliphatic rings. The third-order valence-electron chi connectivity index (χ3n) is 6.18. The van der Waals surface area contributed by atoms with Crippen LogP contribution < -0.4 is 10.2 Å². The van der Waals surface area contributed by atoms with E-state index in [9.17, 15) is 8.42 Å². The van der Waals surface area contributed by atoms with E-state index in [-0.39, 0.29) is 0 Å². The number of hydrogen-bond donors (Lipinski definition) is 1. The Morgan fingerprint density at radius 1 is 1.10 bits per heavy atom. The van der Waals surface area contributed by atoms with Crippen molar-refractivity contribution in [1.29, 1.82) is 0 Å². The van der Waals surface area contributed by atoms with Gasteiger partial charge in [0.15, 0.2) is 0 Å². The van der Waals surface area contributed by atoms with Crippen LogP contribution in [0.3, 0.4) is 0 Å². The molecule has 1 unspecified atom stereocenters. The molecule has 0 aromatic carbocycles. The van der Waals surface area contributed by atoms with Gasteiger partial charge in [-0.25, -0.2) is 13.4 Å². The summed E-state index contributed by atoms with van der Waals surface area (Å²) in [6.45, 7) is 3.07. The monoisotopic (exact) mass is 418 g/mol. The van der Waals surface area contributed by atoms with E-state index in [4.69, 9.17) is 4.98 Å². The fraction of sp³-hybridized carbons (Fsp3) is 0.611. The zero-order valence-corrected chi connectivity index (χ0v) is 17.5. The standard InChI is InChI=1S/C18H26N8O2S/c1-23-8-13(7-20-23)21-18-19-6-5-17(22-18)24-9-14-3-4-15(10-24)26(14)16-11-25(12-16)29(2,27)28/h5-8,14-16H,3-4,9-12H2,1-2H3,(H,19,21,22)/t14-,15?/m0/s1. The van der Waals surface area contributed by atoms with Crippen LogP contribution in [0.4, 0.5) is 17.5 Å². The summed E-state index contributed by atoms with van der Waals surface area (Å²) in [6.07, 6.45) is 9.01. The van der Waals surface area contributed by atoms with Gasteiger partial charge in [0.25, 0.3) is 0 Å². The highest BCUT2D eigenvalue weighted by Gasteiger charge is 2.48. The second kappa shape index (κ2) is 6.92. The molecule has 29 heavy (non-hydrogen) atoms. The van der Waals surface area contributed by atoms with Gasteiger partial charge in [-0.2, -0.15) is 14.4 Å². The molecule has 1 N–H and O–H groups in total. The van der Waals surface area contributed by atoms with E-state index in [1.54, 1.807) is 21.4 Å². The average molecular weight is 419 g/mol. The van der Waals surface area contributed by atoms with Gasteiger partial charge in [-0.1, -0.05) is 0 Å². The quantitative estimate of drug-likeness (QED) is 0.738. The van der Waals surface area contributed by atoms with Gasteiger partial charge in [0.05, 0.1) is 18.1 Å². The van der Waals surface area contributed by atoms with Crippen molar-refractivity contribution in [2.45, 2.75) is 31.0 Å². The molecule has 0 saturated carbocycles. The maximum absolute atomic E-state index is 11.7. The second-order valence-corrected chi connectivity index (χ2v) is 10.2. The lowest BCUT2D eigenvalue weighted by Gasteiger charge is -2.51. The maximum atomic E-state index is 11.7. The van der Waals surface area contributed by atoms with Gasteiger partial charge in [-0.05, 0) is 18.9 Å². The van der Waals surface area contributed by atoms with Gasteiger partial charge in [0.2, 0.25) is 16.0 Å².